The molecule has 0 unspecified atom stereocenters. The molecule has 0 spiro atoms. The van der Waals surface area contributed by atoms with Gasteiger partial charge in [0.05, 0.1) is 18.3 Å². The fourth-order valence-electron chi connectivity index (χ4n) is 3.47. The molecule has 0 aliphatic rings. The molecular formula is C30H46N2O. The second-order valence-electron chi connectivity index (χ2n) is 8.52. The zero-order valence-electron chi connectivity index (χ0n) is 22.2. The highest BCUT2D eigenvalue weighted by atomic mass is 16.5. The summed E-state index contributed by atoms with van der Waals surface area (Å²) in [6.07, 6.45) is 6.53. The number of ether oxygens (including phenoxy) is 1. The number of methoxy groups -OCH3 is 1. The third-order valence-corrected chi connectivity index (χ3v) is 5.15. The van der Waals surface area contributed by atoms with Crippen LogP contribution in [0.2, 0.25) is 0 Å². The number of rotatable bonds is 9. The van der Waals surface area contributed by atoms with Crippen LogP contribution in [0.15, 0.2) is 54.6 Å². The topological polar surface area (TPSA) is 25.4 Å². The molecule has 3 nitrogen and oxygen atoms in total. The lowest BCUT2D eigenvalue weighted by molar-refractivity contribution is 0.270. The molecule has 1 heterocycles. The zero-order chi connectivity index (χ0) is 24.5. The lowest BCUT2D eigenvalue weighted by atomic mass is 10.1. The minimum absolute atomic E-state index is 0.859. The first-order valence-corrected chi connectivity index (χ1v) is 12.8. The normalized spacial score (nSPS) is 10.3. The molecule has 1 aromatic heterocycles. The number of nitrogens with zero attached hydrogens (tertiary/aromatic N) is 2. The maximum absolute atomic E-state index is 5.22. The van der Waals surface area contributed by atoms with E-state index in [9.17, 15) is 0 Å². The Balaban J connectivity index is 0.000000333. The van der Waals surface area contributed by atoms with Crippen LogP contribution in [0.5, 0.6) is 5.75 Å². The maximum Gasteiger partial charge on any atom is 0.119 e. The molecule has 0 amide bonds. The first kappa shape index (κ1) is 28.6. The summed E-state index contributed by atoms with van der Waals surface area (Å²) in [5, 5.41) is 1.09. The van der Waals surface area contributed by atoms with Gasteiger partial charge in [-0.2, -0.15) is 0 Å². The minimum Gasteiger partial charge on any atom is -0.497 e. The van der Waals surface area contributed by atoms with Crippen LogP contribution in [0.4, 0.5) is 0 Å². The summed E-state index contributed by atoms with van der Waals surface area (Å²) in [4.78, 5) is 7.27. The van der Waals surface area contributed by atoms with Gasteiger partial charge in [-0.05, 0) is 70.1 Å². The van der Waals surface area contributed by atoms with E-state index in [2.05, 4.69) is 76.8 Å². The number of aryl methyl sites for hydroxylation is 1. The van der Waals surface area contributed by atoms with E-state index in [1.165, 1.54) is 57.3 Å². The van der Waals surface area contributed by atoms with Crippen molar-refractivity contribution in [3.63, 3.8) is 0 Å². The Labute approximate surface area is 203 Å². The van der Waals surface area contributed by atoms with Crippen molar-refractivity contribution in [3.8, 4) is 17.0 Å². The fourth-order valence-corrected chi connectivity index (χ4v) is 3.47. The fraction of sp³-hybridized carbons (Fsp3) is 0.500. The largest absolute Gasteiger partial charge is 0.497 e. The van der Waals surface area contributed by atoms with Gasteiger partial charge < -0.3 is 9.64 Å². The Kier molecular flexibility index (Phi) is 14.9. The van der Waals surface area contributed by atoms with Crippen LogP contribution in [0, 0.1) is 6.92 Å². The monoisotopic (exact) mass is 450 g/mol. The summed E-state index contributed by atoms with van der Waals surface area (Å²) in [6, 6.07) is 18.5. The van der Waals surface area contributed by atoms with Crippen molar-refractivity contribution in [3.05, 3.63) is 60.2 Å². The van der Waals surface area contributed by atoms with E-state index in [0.717, 1.165) is 27.9 Å². The lowest BCUT2D eigenvalue weighted by Gasteiger charge is -2.20. The maximum atomic E-state index is 5.22. The average molecular weight is 451 g/mol. The van der Waals surface area contributed by atoms with Gasteiger partial charge in [0.25, 0.3) is 0 Å². The Hall–Kier alpha value is -2.39. The molecule has 0 aliphatic heterocycles. The molecule has 0 N–H and O–H groups in total. The highest BCUT2D eigenvalue weighted by molar-refractivity contribution is 5.82. The molecule has 0 atom stereocenters. The van der Waals surface area contributed by atoms with Gasteiger partial charge in [-0.25, -0.2) is 4.98 Å². The van der Waals surface area contributed by atoms with Gasteiger partial charge in [-0.15, -0.1) is 0 Å². The van der Waals surface area contributed by atoms with Crippen molar-refractivity contribution in [1.82, 2.24) is 9.88 Å². The summed E-state index contributed by atoms with van der Waals surface area (Å²) < 4.78 is 5.22. The van der Waals surface area contributed by atoms with Crippen molar-refractivity contribution in [2.24, 2.45) is 0 Å². The third kappa shape index (κ3) is 10.9. The van der Waals surface area contributed by atoms with Gasteiger partial charge in [-0.3, -0.25) is 0 Å². The van der Waals surface area contributed by atoms with Crippen LogP contribution in [-0.4, -0.2) is 36.6 Å². The van der Waals surface area contributed by atoms with Crippen molar-refractivity contribution < 1.29 is 4.74 Å². The second kappa shape index (κ2) is 17.1. The molecule has 0 radical (unpaired) electrons. The summed E-state index contributed by atoms with van der Waals surface area (Å²) >= 11 is 0. The van der Waals surface area contributed by atoms with E-state index in [0.29, 0.717) is 0 Å². The summed E-state index contributed by atoms with van der Waals surface area (Å²) in [6.45, 7) is 17.0. The molecule has 3 heteroatoms. The molecule has 182 valence electrons. The van der Waals surface area contributed by atoms with E-state index in [1.807, 2.05) is 24.3 Å². The van der Waals surface area contributed by atoms with E-state index in [1.54, 1.807) is 7.11 Å². The number of benzene rings is 2. The summed E-state index contributed by atoms with van der Waals surface area (Å²) in [7, 11) is 1.68. The van der Waals surface area contributed by atoms with Gasteiger partial charge in [-0.1, -0.05) is 83.4 Å². The van der Waals surface area contributed by atoms with Gasteiger partial charge in [0, 0.05) is 10.9 Å². The quantitative estimate of drug-likeness (QED) is 0.326. The standard InChI is InChI=1S/C17H15NO.C10H23N.C3H8/c1-12-3-5-13(6-4-12)16-9-7-14-11-15(19-2)8-10-17(14)18-16;1-4-7-10-11(8-5-2)9-6-3;1-3-2/h3-11H,1-2H3;4-10H2,1-3H3;3H2,1-2H3. The Morgan fingerprint density at radius 3 is 1.94 bits per heavy atom. The molecule has 0 bridgehead atoms. The van der Waals surface area contributed by atoms with Crippen molar-refractivity contribution in [1.29, 1.82) is 0 Å². The number of hydrogen-bond acceptors (Lipinski definition) is 3. The molecule has 0 saturated heterocycles. The highest BCUT2D eigenvalue weighted by Crippen LogP contribution is 2.24. The molecule has 2 aromatic carbocycles. The van der Waals surface area contributed by atoms with E-state index in [4.69, 9.17) is 9.72 Å². The van der Waals surface area contributed by atoms with Crippen LogP contribution in [0.3, 0.4) is 0 Å². The average Bonchev–Trinajstić information content (AvgIpc) is 2.83. The van der Waals surface area contributed by atoms with E-state index in [-0.39, 0.29) is 0 Å². The molecule has 3 aromatic rings. The Morgan fingerprint density at radius 1 is 0.758 bits per heavy atom. The number of aromatic nitrogens is 1. The molecule has 0 fully saturated rings. The van der Waals surface area contributed by atoms with E-state index < -0.39 is 0 Å². The smallest absolute Gasteiger partial charge is 0.119 e. The van der Waals surface area contributed by atoms with Crippen LogP contribution >= 0.6 is 0 Å². The third-order valence-electron chi connectivity index (χ3n) is 5.15. The van der Waals surface area contributed by atoms with Crippen LogP contribution in [0.25, 0.3) is 22.2 Å². The second-order valence-corrected chi connectivity index (χ2v) is 8.52. The summed E-state index contributed by atoms with van der Waals surface area (Å²) in [5.41, 5.74) is 4.38. The first-order chi connectivity index (χ1) is 16.0. The number of fused-ring (bicyclic) bond motifs is 1. The van der Waals surface area contributed by atoms with Gasteiger partial charge in [0.1, 0.15) is 5.75 Å². The predicted molar refractivity (Wildman–Crippen MR) is 146 cm³/mol. The number of unbranched alkanes of at least 4 members (excludes halogenated alkanes) is 1. The lowest BCUT2D eigenvalue weighted by Crippen LogP contribution is -2.26. The van der Waals surface area contributed by atoms with Crippen molar-refractivity contribution in [2.45, 2.75) is 73.6 Å². The summed E-state index contributed by atoms with van der Waals surface area (Å²) in [5.74, 6) is 0.859. The minimum atomic E-state index is 0.859. The first-order valence-electron chi connectivity index (χ1n) is 12.8. The van der Waals surface area contributed by atoms with Gasteiger partial charge in [0.2, 0.25) is 0 Å². The Morgan fingerprint density at radius 2 is 1.39 bits per heavy atom. The molecule has 0 saturated carbocycles. The number of hydrogen-bond donors (Lipinski definition) is 0. The molecular weight excluding hydrogens is 404 g/mol. The van der Waals surface area contributed by atoms with Crippen molar-refractivity contribution >= 4 is 10.9 Å². The zero-order valence-corrected chi connectivity index (χ0v) is 22.2. The highest BCUT2D eigenvalue weighted by Gasteiger charge is 2.03. The van der Waals surface area contributed by atoms with Crippen LogP contribution in [0.1, 0.15) is 72.3 Å². The molecule has 33 heavy (non-hydrogen) atoms. The van der Waals surface area contributed by atoms with Gasteiger partial charge >= 0.3 is 0 Å². The van der Waals surface area contributed by atoms with Crippen LogP contribution in [-0.2, 0) is 0 Å². The molecule has 3 rings (SSSR count). The molecule has 0 aliphatic carbocycles. The predicted octanol–water partition coefficient (Wildman–Crippen LogP) is 8.54. The van der Waals surface area contributed by atoms with Crippen molar-refractivity contribution in [2.75, 3.05) is 26.7 Å². The SMILES string of the molecule is CCC.CCCCN(CCC)CCC.COc1ccc2nc(-c3ccc(C)cc3)ccc2c1. The number of pyridine rings is 1. The Bertz CT molecular complexity index is 883. The van der Waals surface area contributed by atoms with E-state index >= 15 is 0 Å². The van der Waals surface area contributed by atoms with Crippen LogP contribution < -0.4 is 4.74 Å². The van der Waals surface area contributed by atoms with Gasteiger partial charge in [0.15, 0.2) is 0 Å².